The Bertz CT molecular complexity index is 692. The highest BCUT2D eigenvalue weighted by molar-refractivity contribution is 9.10. The van der Waals surface area contributed by atoms with Gasteiger partial charge in [-0.2, -0.15) is 0 Å². The van der Waals surface area contributed by atoms with Gasteiger partial charge in [0, 0.05) is 15.5 Å². The predicted octanol–water partition coefficient (Wildman–Crippen LogP) is 4.79. The lowest BCUT2D eigenvalue weighted by Crippen LogP contribution is -2.31. The van der Waals surface area contributed by atoms with Gasteiger partial charge in [-0.25, -0.2) is 0 Å². The van der Waals surface area contributed by atoms with Crippen LogP contribution in [-0.2, 0) is 4.79 Å². The van der Waals surface area contributed by atoms with Crippen molar-refractivity contribution in [1.82, 2.24) is 5.32 Å². The van der Waals surface area contributed by atoms with E-state index in [1.807, 2.05) is 24.3 Å². The van der Waals surface area contributed by atoms with Crippen LogP contribution >= 0.6 is 27.5 Å². The molecule has 4 nitrogen and oxygen atoms in total. The van der Waals surface area contributed by atoms with Gasteiger partial charge in [0.05, 0.1) is 19.3 Å². The van der Waals surface area contributed by atoms with E-state index in [4.69, 9.17) is 16.3 Å². The molecule has 0 fully saturated rings. The van der Waals surface area contributed by atoms with E-state index in [1.54, 1.807) is 25.3 Å². The first-order chi connectivity index (χ1) is 11.5. The summed E-state index contributed by atoms with van der Waals surface area (Å²) in [7, 11) is 1.55. The summed E-state index contributed by atoms with van der Waals surface area (Å²) in [4.78, 5) is 12.2. The molecular formula is C18H20BrClN2O2. The van der Waals surface area contributed by atoms with E-state index in [0.717, 1.165) is 16.5 Å². The number of hydrogen-bond acceptors (Lipinski definition) is 3. The van der Waals surface area contributed by atoms with E-state index >= 15 is 0 Å². The first kappa shape index (κ1) is 18.8. The van der Waals surface area contributed by atoms with E-state index in [-0.39, 0.29) is 18.5 Å². The van der Waals surface area contributed by atoms with Crippen molar-refractivity contribution in [2.24, 2.45) is 0 Å². The zero-order chi connectivity index (χ0) is 17.5. The van der Waals surface area contributed by atoms with Gasteiger partial charge < -0.3 is 15.4 Å². The summed E-state index contributed by atoms with van der Waals surface area (Å²) in [6, 6.07) is 13.3. The van der Waals surface area contributed by atoms with Crippen molar-refractivity contribution in [3.8, 4) is 5.75 Å². The average molecular weight is 412 g/mol. The highest BCUT2D eigenvalue weighted by Crippen LogP contribution is 2.27. The number of carbonyl (C=O) groups is 1. The lowest BCUT2D eigenvalue weighted by atomic mass is 10.0. The lowest BCUT2D eigenvalue weighted by molar-refractivity contribution is -0.115. The molecule has 0 unspecified atom stereocenters. The third-order valence-electron chi connectivity index (χ3n) is 3.63. The van der Waals surface area contributed by atoms with Crippen molar-refractivity contribution in [3.63, 3.8) is 0 Å². The second-order valence-electron chi connectivity index (χ2n) is 5.29. The normalized spacial score (nSPS) is 11.8. The molecule has 2 N–H and O–H groups in total. The van der Waals surface area contributed by atoms with Crippen LogP contribution in [0.25, 0.3) is 0 Å². The van der Waals surface area contributed by atoms with Crippen LogP contribution in [0.3, 0.4) is 0 Å². The molecule has 0 aliphatic rings. The third-order valence-corrected chi connectivity index (χ3v) is 4.39. The van der Waals surface area contributed by atoms with E-state index in [2.05, 4.69) is 33.5 Å². The Kier molecular flexibility index (Phi) is 7.09. The summed E-state index contributed by atoms with van der Waals surface area (Å²) in [6.07, 6.45) is 0.884. The van der Waals surface area contributed by atoms with Crippen molar-refractivity contribution < 1.29 is 9.53 Å². The molecule has 6 heteroatoms. The molecule has 0 heterocycles. The Morgan fingerprint density at radius 2 is 1.96 bits per heavy atom. The third kappa shape index (κ3) is 5.23. The Hall–Kier alpha value is -1.56. The summed E-state index contributed by atoms with van der Waals surface area (Å²) in [5.41, 5.74) is 1.71. The summed E-state index contributed by atoms with van der Waals surface area (Å²) in [5, 5.41) is 6.64. The molecule has 0 bridgehead atoms. The minimum Gasteiger partial charge on any atom is -0.495 e. The molecule has 2 rings (SSSR count). The van der Waals surface area contributed by atoms with Crippen LogP contribution in [0.4, 0.5) is 5.69 Å². The van der Waals surface area contributed by atoms with Crippen molar-refractivity contribution in [2.45, 2.75) is 19.4 Å². The van der Waals surface area contributed by atoms with Crippen LogP contribution in [-0.4, -0.2) is 19.6 Å². The van der Waals surface area contributed by atoms with Gasteiger partial charge in [-0.05, 0) is 42.3 Å². The minimum atomic E-state index is -0.147. The first-order valence-corrected chi connectivity index (χ1v) is 8.82. The van der Waals surface area contributed by atoms with Crippen LogP contribution in [0, 0.1) is 0 Å². The number of hydrogen-bond donors (Lipinski definition) is 2. The molecule has 0 aliphatic heterocycles. The maximum absolute atomic E-state index is 12.2. The van der Waals surface area contributed by atoms with Crippen molar-refractivity contribution in [2.75, 3.05) is 19.0 Å². The molecule has 1 atom stereocenters. The molecule has 0 aliphatic carbocycles. The summed E-state index contributed by atoms with van der Waals surface area (Å²) in [6.45, 7) is 2.28. The number of methoxy groups -OCH3 is 1. The van der Waals surface area contributed by atoms with Crippen LogP contribution in [0.1, 0.15) is 24.9 Å². The van der Waals surface area contributed by atoms with Crippen LogP contribution in [0.5, 0.6) is 5.75 Å². The fourth-order valence-corrected chi connectivity index (χ4v) is 2.82. The Labute approximate surface area is 155 Å². The second-order valence-corrected chi connectivity index (χ2v) is 6.64. The largest absolute Gasteiger partial charge is 0.495 e. The van der Waals surface area contributed by atoms with Gasteiger partial charge >= 0.3 is 0 Å². The van der Waals surface area contributed by atoms with E-state index in [0.29, 0.717) is 16.5 Å². The maximum Gasteiger partial charge on any atom is 0.238 e. The number of nitrogens with one attached hydrogen (secondary N) is 2. The summed E-state index contributed by atoms with van der Waals surface area (Å²) in [5.74, 6) is 0.429. The Balaban J connectivity index is 1.97. The average Bonchev–Trinajstić information content (AvgIpc) is 2.57. The maximum atomic E-state index is 12.2. The fraction of sp³-hybridized carbons (Fsp3) is 0.278. The van der Waals surface area contributed by atoms with Gasteiger partial charge in [0.2, 0.25) is 5.91 Å². The van der Waals surface area contributed by atoms with Gasteiger partial charge in [-0.1, -0.05) is 46.6 Å². The van der Waals surface area contributed by atoms with E-state index in [9.17, 15) is 4.79 Å². The molecule has 0 saturated carbocycles. The van der Waals surface area contributed by atoms with Gasteiger partial charge in [-0.3, -0.25) is 4.79 Å². The van der Waals surface area contributed by atoms with Crippen molar-refractivity contribution in [3.05, 3.63) is 57.5 Å². The molecule has 1 amide bonds. The van der Waals surface area contributed by atoms with E-state index < -0.39 is 0 Å². The smallest absolute Gasteiger partial charge is 0.238 e. The molecule has 0 spiro atoms. The van der Waals surface area contributed by atoms with Crippen LogP contribution in [0.15, 0.2) is 46.9 Å². The zero-order valence-corrected chi connectivity index (χ0v) is 15.9. The molecule has 128 valence electrons. The predicted molar refractivity (Wildman–Crippen MR) is 102 cm³/mol. The van der Waals surface area contributed by atoms with E-state index in [1.165, 1.54) is 0 Å². The number of amides is 1. The second kappa shape index (κ2) is 9.06. The molecule has 2 aromatic rings. The number of rotatable bonds is 7. The molecule has 0 radical (unpaired) electrons. The van der Waals surface area contributed by atoms with Crippen molar-refractivity contribution in [1.29, 1.82) is 0 Å². The van der Waals surface area contributed by atoms with Crippen LogP contribution in [0.2, 0.25) is 5.02 Å². The number of carbonyl (C=O) groups excluding carboxylic acids is 1. The van der Waals surface area contributed by atoms with Crippen LogP contribution < -0.4 is 15.4 Å². The van der Waals surface area contributed by atoms with Gasteiger partial charge in [0.1, 0.15) is 5.75 Å². The minimum absolute atomic E-state index is 0.116. The van der Waals surface area contributed by atoms with Gasteiger partial charge in [0.25, 0.3) is 0 Å². The molecular weight excluding hydrogens is 392 g/mol. The summed E-state index contributed by atoms with van der Waals surface area (Å²) < 4.78 is 6.26. The number of ether oxygens (including phenoxy) is 1. The Morgan fingerprint density at radius 3 is 2.58 bits per heavy atom. The lowest BCUT2D eigenvalue weighted by Gasteiger charge is -2.18. The topological polar surface area (TPSA) is 50.4 Å². The fourth-order valence-electron chi connectivity index (χ4n) is 2.38. The SMILES string of the molecule is CC[C@@H](NCC(=O)Nc1cc(Cl)ccc1OC)c1ccc(Br)cc1. The van der Waals surface area contributed by atoms with Gasteiger partial charge in [0.15, 0.2) is 0 Å². The standard InChI is InChI=1S/C18H20BrClN2O2/c1-3-15(12-4-6-13(19)7-5-12)21-11-18(23)22-16-10-14(20)8-9-17(16)24-2/h4-10,15,21H,3,11H2,1-2H3,(H,22,23)/t15-/m1/s1. The number of benzene rings is 2. The molecule has 0 saturated heterocycles. The quantitative estimate of drug-likeness (QED) is 0.688. The van der Waals surface area contributed by atoms with Gasteiger partial charge in [-0.15, -0.1) is 0 Å². The number of anilines is 1. The summed E-state index contributed by atoms with van der Waals surface area (Å²) >= 11 is 9.40. The Morgan fingerprint density at radius 1 is 1.25 bits per heavy atom. The highest BCUT2D eigenvalue weighted by Gasteiger charge is 2.12. The molecule has 2 aromatic carbocycles. The number of halogens is 2. The molecule has 0 aromatic heterocycles. The monoisotopic (exact) mass is 410 g/mol. The first-order valence-electron chi connectivity index (χ1n) is 7.65. The zero-order valence-electron chi connectivity index (χ0n) is 13.6. The van der Waals surface area contributed by atoms with Crippen molar-refractivity contribution >= 4 is 39.1 Å². The molecule has 24 heavy (non-hydrogen) atoms. The highest BCUT2D eigenvalue weighted by atomic mass is 79.9.